The summed E-state index contributed by atoms with van der Waals surface area (Å²) in [6, 6.07) is 5.42. The molecular weight excluding hydrogens is 474 g/mol. The zero-order valence-electron chi connectivity index (χ0n) is 18.7. The number of fused-ring (bicyclic) bond motifs is 1. The maximum atomic E-state index is 12.5. The molecule has 0 aromatic carbocycles. The molecule has 1 saturated heterocycles. The first-order valence-corrected chi connectivity index (χ1v) is 12.8. The molecule has 2 aromatic rings. The zero-order chi connectivity index (χ0) is 24.1. The summed E-state index contributed by atoms with van der Waals surface area (Å²) in [6.45, 7) is 1.87. The van der Waals surface area contributed by atoms with E-state index in [0.717, 1.165) is 47.9 Å². The number of thiophene rings is 1. The van der Waals surface area contributed by atoms with Gasteiger partial charge in [0.25, 0.3) is 17.1 Å². The number of pyridine rings is 1. The van der Waals surface area contributed by atoms with Crippen LogP contribution < -0.4 is 5.32 Å². The second-order valence-corrected chi connectivity index (χ2v) is 10.3. The standard InChI is InChI=1S/C24H25N3O5S2/c1-2-15-5-6-18-17(10-15)12-20(33-18)23(30)32-14-21(28)26-8-9-27-22(29)19(34-24(27)31)11-16-4-3-7-25-13-16/h3-4,7,11-13,15H,2,5-6,8-10,14H2,1H3,(H,26,28)/b19-11-. The number of nitrogens with zero attached hydrogens (tertiary/aromatic N) is 2. The highest BCUT2D eigenvalue weighted by Crippen LogP contribution is 2.34. The molecule has 2 aromatic heterocycles. The van der Waals surface area contributed by atoms with Crippen LogP contribution in [0.4, 0.5) is 4.79 Å². The van der Waals surface area contributed by atoms with Gasteiger partial charge >= 0.3 is 5.97 Å². The molecule has 1 unspecified atom stereocenters. The lowest BCUT2D eigenvalue weighted by atomic mass is 9.87. The fourth-order valence-electron chi connectivity index (χ4n) is 3.91. The van der Waals surface area contributed by atoms with Gasteiger partial charge in [-0.1, -0.05) is 19.4 Å². The Morgan fingerprint density at radius 3 is 2.97 bits per heavy atom. The van der Waals surface area contributed by atoms with Crippen LogP contribution in [0.3, 0.4) is 0 Å². The molecule has 1 atom stereocenters. The molecule has 178 valence electrons. The van der Waals surface area contributed by atoms with Crippen molar-refractivity contribution in [3.63, 3.8) is 0 Å². The minimum atomic E-state index is -0.505. The van der Waals surface area contributed by atoms with Crippen LogP contribution in [-0.2, 0) is 27.2 Å². The van der Waals surface area contributed by atoms with Crippen molar-refractivity contribution in [2.24, 2.45) is 5.92 Å². The molecule has 4 rings (SSSR count). The Bertz CT molecular complexity index is 1130. The Balaban J connectivity index is 1.21. The van der Waals surface area contributed by atoms with Crippen LogP contribution in [0.15, 0.2) is 35.5 Å². The summed E-state index contributed by atoms with van der Waals surface area (Å²) in [6.07, 6.45) is 9.08. The number of carbonyl (C=O) groups excluding carboxylic acids is 4. The van der Waals surface area contributed by atoms with Crippen molar-refractivity contribution in [1.82, 2.24) is 15.2 Å². The summed E-state index contributed by atoms with van der Waals surface area (Å²) in [4.78, 5) is 56.3. The van der Waals surface area contributed by atoms with E-state index in [9.17, 15) is 19.2 Å². The lowest BCUT2D eigenvalue weighted by Gasteiger charge is -2.19. The normalized spacial score (nSPS) is 18.8. The van der Waals surface area contributed by atoms with E-state index in [2.05, 4.69) is 17.2 Å². The fourth-order valence-corrected chi connectivity index (χ4v) is 5.88. The minimum absolute atomic E-state index is 0.0327. The average molecular weight is 500 g/mol. The smallest absolute Gasteiger partial charge is 0.348 e. The monoisotopic (exact) mass is 499 g/mol. The van der Waals surface area contributed by atoms with Gasteiger partial charge < -0.3 is 10.1 Å². The number of hydrogen-bond acceptors (Lipinski definition) is 8. The molecule has 2 aliphatic rings. The van der Waals surface area contributed by atoms with Crippen LogP contribution in [0.2, 0.25) is 0 Å². The van der Waals surface area contributed by atoms with Crippen LogP contribution in [0.25, 0.3) is 6.08 Å². The maximum Gasteiger partial charge on any atom is 0.348 e. The summed E-state index contributed by atoms with van der Waals surface area (Å²) in [5, 5.41) is 2.19. The number of hydrogen-bond donors (Lipinski definition) is 1. The molecule has 8 nitrogen and oxygen atoms in total. The number of nitrogens with one attached hydrogen (secondary N) is 1. The van der Waals surface area contributed by atoms with E-state index < -0.39 is 29.6 Å². The van der Waals surface area contributed by atoms with E-state index in [1.807, 2.05) is 6.07 Å². The maximum absolute atomic E-state index is 12.5. The number of carbonyl (C=O) groups is 4. The molecule has 3 heterocycles. The van der Waals surface area contributed by atoms with Crippen LogP contribution >= 0.6 is 23.1 Å². The number of esters is 1. The Morgan fingerprint density at radius 1 is 1.35 bits per heavy atom. The molecule has 0 saturated carbocycles. The number of imide groups is 1. The van der Waals surface area contributed by atoms with E-state index in [1.54, 1.807) is 30.6 Å². The molecule has 1 aliphatic heterocycles. The molecule has 1 N–H and O–H groups in total. The van der Waals surface area contributed by atoms with E-state index in [1.165, 1.54) is 21.8 Å². The summed E-state index contributed by atoms with van der Waals surface area (Å²) < 4.78 is 5.16. The highest BCUT2D eigenvalue weighted by atomic mass is 32.2. The lowest BCUT2D eigenvalue weighted by molar-refractivity contribution is -0.125. The number of ether oxygens (including phenoxy) is 1. The predicted octanol–water partition coefficient (Wildman–Crippen LogP) is 3.67. The molecule has 1 fully saturated rings. The topological polar surface area (TPSA) is 106 Å². The van der Waals surface area contributed by atoms with Gasteiger partial charge in [0.1, 0.15) is 4.88 Å². The van der Waals surface area contributed by atoms with Crippen molar-refractivity contribution in [1.29, 1.82) is 0 Å². The van der Waals surface area contributed by atoms with Gasteiger partial charge in [-0.05, 0) is 66.3 Å². The molecule has 34 heavy (non-hydrogen) atoms. The number of aryl methyl sites for hydroxylation is 1. The predicted molar refractivity (Wildman–Crippen MR) is 130 cm³/mol. The first-order chi connectivity index (χ1) is 16.4. The molecule has 0 radical (unpaired) electrons. The largest absolute Gasteiger partial charge is 0.451 e. The molecule has 0 spiro atoms. The minimum Gasteiger partial charge on any atom is -0.451 e. The van der Waals surface area contributed by atoms with Crippen LogP contribution in [-0.4, -0.2) is 52.6 Å². The molecular formula is C24H25N3O5S2. The van der Waals surface area contributed by atoms with Crippen molar-refractivity contribution in [2.45, 2.75) is 32.6 Å². The average Bonchev–Trinajstić information content (AvgIpc) is 3.39. The van der Waals surface area contributed by atoms with Gasteiger partial charge in [0.05, 0.1) is 4.91 Å². The third-order valence-electron chi connectivity index (χ3n) is 5.81. The van der Waals surface area contributed by atoms with Crippen molar-refractivity contribution >= 4 is 52.2 Å². The highest BCUT2D eigenvalue weighted by molar-refractivity contribution is 8.18. The SMILES string of the molecule is CCC1CCc2sc(C(=O)OCC(=O)NCCN3C(=O)S/C(=C\c4cccnc4)C3=O)cc2C1. The number of thioether (sulfide) groups is 1. The third-order valence-corrected chi connectivity index (χ3v) is 7.94. The van der Waals surface area contributed by atoms with Gasteiger partial charge in [-0.3, -0.25) is 24.3 Å². The second kappa shape index (κ2) is 11.0. The summed E-state index contributed by atoms with van der Waals surface area (Å²) >= 11 is 2.29. The van der Waals surface area contributed by atoms with Gasteiger partial charge in [-0.15, -0.1) is 11.3 Å². The van der Waals surface area contributed by atoms with Crippen LogP contribution in [0, 0.1) is 5.92 Å². The van der Waals surface area contributed by atoms with Gasteiger partial charge in [0, 0.05) is 30.4 Å². The molecule has 0 bridgehead atoms. The Kier molecular flexibility index (Phi) is 7.79. The zero-order valence-corrected chi connectivity index (χ0v) is 20.4. The van der Waals surface area contributed by atoms with Crippen molar-refractivity contribution in [3.8, 4) is 0 Å². The number of amides is 3. The lowest BCUT2D eigenvalue weighted by Crippen LogP contribution is -2.38. The number of rotatable bonds is 8. The van der Waals surface area contributed by atoms with Crippen molar-refractivity contribution in [3.05, 3.63) is 56.4 Å². The van der Waals surface area contributed by atoms with Gasteiger partial charge in [-0.25, -0.2) is 4.79 Å². The van der Waals surface area contributed by atoms with E-state index in [0.29, 0.717) is 15.7 Å². The Hall–Kier alpha value is -2.98. The van der Waals surface area contributed by atoms with Crippen LogP contribution in [0.1, 0.15) is 45.4 Å². The Morgan fingerprint density at radius 2 is 2.21 bits per heavy atom. The Labute approximate surface area is 205 Å². The highest BCUT2D eigenvalue weighted by Gasteiger charge is 2.34. The fraction of sp³-hybridized carbons (Fsp3) is 0.375. The van der Waals surface area contributed by atoms with Crippen molar-refractivity contribution in [2.75, 3.05) is 19.7 Å². The van der Waals surface area contributed by atoms with E-state index in [4.69, 9.17) is 4.74 Å². The van der Waals surface area contributed by atoms with Gasteiger partial charge in [-0.2, -0.15) is 0 Å². The summed E-state index contributed by atoms with van der Waals surface area (Å²) in [5.74, 6) is -0.745. The quantitative estimate of drug-likeness (QED) is 0.436. The first kappa shape index (κ1) is 24.2. The molecule has 10 heteroatoms. The first-order valence-electron chi connectivity index (χ1n) is 11.2. The molecule has 3 amide bonds. The summed E-state index contributed by atoms with van der Waals surface area (Å²) in [7, 11) is 0. The van der Waals surface area contributed by atoms with E-state index in [-0.39, 0.29) is 13.1 Å². The van der Waals surface area contributed by atoms with Gasteiger partial charge in [0.2, 0.25) is 0 Å². The van der Waals surface area contributed by atoms with Crippen molar-refractivity contribution < 1.29 is 23.9 Å². The summed E-state index contributed by atoms with van der Waals surface area (Å²) in [5.41, 5.74) is 1.94. The second-order valence-electron chi connectivity index (χ2n) is 8.12. The molecule has 1 aliphatic carbocycles. The third kappa shape index (κ3) is 5.74. The number of aromatic nitrogens is 1. The van der Waals surface area contributed by atoms with E-state index >= 15 is 0 Å². The van der Waals surface area contributed by atoms with Gasteiger partial charge in [0.15, 0.2) is 6.61 Å². The van der Waals surface area contributed by atoms with Crippen LogP contribution in [0.5, 0.6) is 0 Å².